The third kappa shape index (κ3) is 2.15. The van der Waals surface area contributed by atoms with E-state index < -0.39 is 0 Å². The second kappa shape index (κ2) is 4.80. The molecule has 0 N–H and O–H groups in total. The highest BCUT2D eigenvalue weighted by atomic mass is 16.2. The van der Waals surface area contributed by atoms with Gasteiger partial charge in [0.05, 0.1) is 0 Å². The Morgan fingerprint density at radius 2 is 1.95 bits per heavy atom. The van der Waals surface area contributed by atoms with E-state index in [4.69, 9.17) is 0 Å². The van der Waals surface area contributed by atoms with E-state index in [0.717, 1.165) is 38.3 Å². The van der Waals surface area contributed by atoms with Crippen molar-refractivity contribution in [3.8, 4) is 0 Å². The quantitative estimate of drug-likeness (QED) is 0.774. The summed E-state index contributed by atoms with van der Waals surface area (Å²) in [5.74, 6) is 1.71. The van der Waals surface area contributed by atoms with Gasteiger partial charge in [-0.2, -0.15) is 0 Å². The molecule has 0 aromatic carbocycles. The van der Waals surface area contributed by atoms with Crippen molar-refractivity contribution in [3.05, 3.63) is 0 Å². The lowest BCUT2D eigenvalue weighted by atomic mass is 9.99. The highest BCUT2D eigenvalue weighted by Gasteiger charge is 2.47. The summed E-state index contributed by atoms with van der Waals surface area (Å²) in [6.07, 6.45) is 5.16. The van der Waals surface area contributed by atoms with Gasteiger partial charge >= 0.3 is 0 Å². The van der Waals surface area contributed by atoms with E-state index in [2.05, 4.69) is 6.92 Å². The molecule has 3 atom stereocenters. The van der Waals surface area contributed by atoms with Crippen LogP contribution in [0.25, 0.3) is 0 Å². The zero-order valence-corrected chi connectivity index (χ0v) is 12.0. The monoisotopic (exact) mass is 264 g/mol. The van der Waals surface area contributed by atoms with Crippen LogP contribution in [0, 0.1) is 11.8 Å². The zero-order valence-electron chi connectivity index (χ0n) is 12.0. The molecule has 0 aromatic rings. The lowest BCUT2D eigenvalue weighted by Gasteiger charge is -2.43. The largest absolute Gasteiger partial charge is 0.329 e. The van der Waals surface area contributed by atoms with Crippen molar-refractivity contribution in [1.82, 2.24) is 9.80 Å². The van der Waals surface area contributed by atoms with Crippen molar-refractivity contribution < 1.29 is 9.59 Å². The molecule has 1 saturated carbocycles. The van der Waals surface area contributed by atoms with Crippen LogP contribution < -0.4 is 0 Å². The minimum absolute atomic E-state index is 0.151. The molecule has 2 amide bonds. The number of hydrogen-bond acceptors (Lipinski definition) is 2. The van der Waals surface area contributed by atoms with E-state index in [0.29, 0.717) is 5.92 Å². The maximum absolute atomic E-state index is 12.6. The normalized spacial score (nSPS) is 32.7. The molecule has 0 radical (unpaired) electrons. The molecule has 4 nitrogen and oxygen atoms in total. The van der Waals surface area contributed by atoms with Crippen molar-refractivity contribution in [2.75, 3.05) is 13.1 Å². The van der Waals surface area contributed by atoms with Gasteiger partial charge in [0.25, 0.3) is 0 Å². The Balaban J connectivity index is 1.78. The summed E-state index contributed by atoms with van der Waals surface area (Å²) in [6, 6.07) is -0.357. The van der Waals surface area contributed by atoms with E-state index >= 15 is 0 Å². The first-order valence-corrected chi connectivity index (χ1v) is 7.74. The predicted octanol–water partition coefficient (Wildman–Crippen LogP) is 1.64. The molecule has 2 saturated heterocycles. The van der Waals surface area contributed by atoms with Gasteiger partial charge in [-0.1, -0.05) is 13.8 Å². The second-order valence-corrected chi connectivity index (χ2v) is 6.42. The van der Waals surface area contributed by atoms with E-state index in [1.807, 2.05) is 16.7 Å². The molecule has 0 bridgehead atoms. The molecule has 2 aliphatic heterocycles. The first kappa shape index (κ1) is 12.9. The number of rotatable bonds is 4. The van der Waals surface area contributed by atoms with Gasteiger partial charge in [-0.05, 0) is 43.9 Å². The Morgan fingerprint density at radius 3 is 2.58 bits per heavy atom. The number of piperazine rings is 1. The second-order valence-electron chi connectivity index (χ2n) is 6.42. The summed E-state index contributed by atoms with van der Waals surface area (Å²) < 4.78 is 0. The standard InChI is InChI=1S/C15H24N2O2/c1-3-12-14(18)16-8-4-5-13(16)15(19)17(12)9-10(2)11-6-7-11/h10-13H,3-9H2,1-2H3. The Hall–Kier alpha value is -1.06. The summed E-state index contributed by atoms with van der Waals surface area (Å²) in [4.78, 5) is 28.9. The van der Waals surface area contributed by atoms with E-state index in [1.54, 1.807) is 0 Å². The SMILES string of the molecule is CCC1C(=O)N2CCCC2C(=O)N1CC(C)C1CC1. The van der Waals surface area contributed by atoms with E-state index in [9.17, 15) is 9.59 Å². The van der Waals surface area contributed by atoms with Crippen molar-refractivity contribution >= 4 is 11.8 Å². The van der Waals surface area contributed by atoms with Gasteiger partial charge in [-0.3, -0.25) is 9.59 Å². The van der Waals surface area contributed by atoms with Crippen molar-refractivity contribution in [2.24, 2.45) is 11.8 Å². The van der Waals surface area contributed by atoms with Crippen molar-refractivity contribution in [3.63, 3.8) is 0 Å². The molecule has 3 fully saturated rings. The Bertz CT molecular complexity index is 392. The zero-order chi connectivity index (χ0) is 13.6. The number of fused-ring (bicyclic) bond motifs is 1. The minimum atomic E-state index is -0.206. The fraction of sp³-hybridized carbons (Fsp3) is 0.867. The molecular formula is C15H24N2O2. The minimum Gasteiger partial charge on any atom is -0.329 e. The maximum atomic E-state index is 12.6. The average molecular weight is 264 g/mol. The highest BCUT2D eigenvalue weighted by Crippen LogP contribution is 2.38. The lowest BCUT2D eigenvalue weighted by molar-refractivity contribution is -0.160. The molecular weight excluding hydrogens is 240 g/mol. The summed E-state index contributed by atoms with van der Waals surface area (Å²) in [5.41, 5.74) is 0. The molecule has 3 aliphatic rings. The fourth-order valence-electron chi connectivity index (χ4n) is 3.69. The van der Waals surface area contributed by atoms with Gasteiger partial charge in [-0.15, -0.1) is 0 Å². The van der Waals surface area contributed by atoms with Crippen LogP contribution in [0.1, 0.15) is 46.0 Å². The van der Waals surface area contributed by atoms with Gasteiger partial charge in [0.2, 0.25) is 11.8 Å². The Labute approximate surface area is 115 Å². The average Bonchev–Trinajstić information content (AvgIpc) is 3.13. The van der Waals surface area contributed by atoms with Crippen molar-refractivity contribution in [1.29, 1.82) is 0 Å². The molecule has 106 valence electrons. The van der Waals surface area contributed by atoms with Crippen LogP contribution >= 0.6 is 0 Å². The number of hydrogen-bond donors (Lipinski definition) is 0. The van der Waals surface area contributed by atoms with Crippen LogP contribution in [-0.4, -0.2) is 46.8 Å². The van der Waals surface area contributed by atoms with Gasteiger partial charge in [0, 0.05) is 13.1 Å². The summed E-state index contributed by atoms with van der Waals surface area (Å²) >= 11 is 0. The van der Waals surface area contributed by atoms with Crippen LogP contribution in [0.15, 0.2) is 0 Å². The predicted molar refractivity (Wildman–Crippen MR) is 72.4 cm³/mol. The summed E-state index contributed by atoms with van der Waals surface area (Å²) in [6.45, 7) is 5.79. The third-order valence-electron chi connectivity index (χ3n) is 5.06. The van der Waals surface area contributed by atoms with Crippen LogP contribution in [0.4, 0.5) is 0 Å². The number of carbonyl (C=O) groups excluding carboxylic acids is 2. The molecule has 2 heterocycles. The Morgan fingerprint density at radius 1 is 1.21 bits per heavy atom. The van der Waals surface area contributed by atoms with Gasteiger partial charge in [0.15, 0.2) is 0 Å². The highest BCUT2D eigenvalue weighted by molar-refractivity contribution is 5.97. The number of amides is 2. The van der Waals surface area contributed by atoms with Crippen molar-refractivity contribution in [2.45, 2.75) is 58.0 Å². The van der Waals surface area contributed by atoms with Crippen LogP contribution in [0.5, 0.6) is 0 Å². The first-order chi connectivity index (χ1) is 9.13. The summed E-state index contributed by atoms with van der Waals surface area (Å²) in [7, 11) is 0. The van der Waals surface area contributed by atoms with Crippen LogP contribution in [-0.2, 0) is 9.59 Å². The topological polar surface area (TPSA) is 40.6 Å². The third-order valence-corrected chi connectivity index (χ3v) is 5.06. The van der Waals surface area contributed by atoms with Gasteiger partial charge < -0.3 is 9.80 Å². The first-order valence-electron chi connectivity index (χ1n) is 7.74. The molecule has 0 spiro atoms. The molecule has 3 unspecified atom stereocenters. The lowest BCUT2D eigenvalue weighted by Crippen LogP contribution is -2.63. The molecule has 1 aliphatic carbocycles. The molecule has 0 aromatic heterocycles. The van der Waals surface area contributed by atoms with E-state index in [-0.39, 0.29) is 23.9 Å². The fourth-order valence-corrected chi connectivity index (χ4v) is 3.69. The number of nitrogens with zero attached hydrogens (tertiary/aromatic N) is 2. The van der Waals surface area contributed by atoms with E-state index in [1.165, 1.54) is 12.8 Å². The smallest absolute Gasteiger partial charge is 0.246 e. The molecule has 3 rings (SSSR count). The van der Waals surface area contributed by atoms with Gasteiger partial charge in [0.1, 0.15) is 12.1 Å². The molecule has 4 heteroatoms. The van der Waals surface area contributed by atoms with Crippen LogP contribution in [0.2, 0.25) is 0 Å². The van der Waals surface area contributed by atoms with Gasteiger partial charge in [-0.25, -0.2) is 0 Å². The summed E-state index contributed by atoms with van der Waals surface area (Å²) in [5, 5.41) is 0. The maximum Gasteiger partial charge on any atom is 0.246 e. The molecule has 19 heavy (non-hydrogen) atoms. The Kier molecular flexibility index (Phi) is 3.27. The number of carbonyl (C=O) groups is 2. The van der Waals surface area contributed by atoms with Crippen LogP contribution in [0.3, 0.4) is 0 Å².